The number of carbonyl (C=O) groups is 3. The topological polar surface area (TPSA) is 107 Å². The highest BCUT2D eigenvalue weighted by Crippen LogP contribution is 2.44. The average molecular weight is 472 g/mol. The molecule has 1 atom stereocenters. The number of hydrogen-bond acceptors (Lipinski definition) is 4. The average Bonchev–Trinajstić information content (AvgIpc) is 3.49. The van der Waals surface area contributed by atoms with Crippen molar-refractivity contribution in [3.8, 4) is 11.3 Å². The summed E-state index contributed by atoms with van der Waals surface area (Å²) in [7, 11) is 0. The molecular weight excluding hydrogens is 442 g/mol. The summed E-state index contributed by atoms with van der Waals surface area (Å²) in [6.07, 6.45) is 5.90. The molecule has 3 aliphatic rings. The maximum absolute atomic E-state index is 13.3. The molecule has 1 saturated carbocycles. The minimum absolute atomic E-state index is 0.0157. The summed E-state index contributed by atoms with van der Waals surface area (Å²) >= 11 is 0. The molecule has 180 valence electrons. The van der Waals surface area contributed by atoms with Crippen molar-refractivity contribution >= 4 is 28.8 Å². The van der Waals surface area contributed by atoms with E-state index in [1.807, 2.05) is 47.4 Å². The highest BCUT2D eigenvalue weighted by molar-refractivity contribution is 6.06. The molecule has 1 aliphatic carbocycles. The molecule has 4 heterocycles. The summed E-state index contributed by atoms with van der Waals surface area (Å²) in [5.74, 6) is -0.262. The summed E-state index contributed by atoms with van der Waals surface area (Å²) in [5, 5.41) is 6.71. The number of fused-ring (bicyclic) bond motifs is 1. The number of aromatic nitrogens is 2. The zero-order valence-corrected chi connectivity index (χ0v) is 19.5. The van der Waals surface area contributed by atoms with Gasteiger partial charge in [0.1, 0.15) is 5.65 Å². The molecule has 3 N–H and O–H groups in total. The summed E-state index contributed by atoms with van der Waals surface area (Å²) in [5.41, 5.74) is 3.47. The van der Waals surface area contributed by atoms with Gasteiger partial charge in [-0.2, -0.15) is 0 Å². The Morgan fingerprint density at radius 1 is 1.06 bits per heavy atom. The van der Waals surface area contributed by atoms with Crippen LogP contribution in [0, 0.1) is 11.3 Å². The van der Waals surface area contributed by atoms with Gasteiger partial charge in [-0.15, -0.1) is 0 Å². The van der Waals surface area contributed by atoms with E-state index in [-0.39, 0.29) is 41.5 Å². The highest BCUT2D eigenvalue weighted by atomic mass is 16.2. The van der Waals surface area contributed by atoms with E-state index in [0.29, 0.717) is 12.1 Å². The van der Waals surface area contributed by atoms with Crippen molar-refractivity contribution in [2.45, 2.75) is 38.1 Å². The van der Waals surface area contributed by atoms with E-state index in [2.05, 4.69) is 15.6 Å². The predicted octanol–water partition coefficient (Wildman–Crippen LogP) is 2.87. The van der Waals surface area contributed by atoms with Gasteiger partial charge in [-0.3, -0.25) is 14.4 Å². The molecule has 6 rings (SSSR count). The number of nitrogens with zero attached hydrogens (tertiary/aromatic N) is 2. The van der Waals surface area contributed by atoms with Crippen molar-refractivity contribution in [3.05, 3.63) is 54.2 Å². The quantitative estimate of drug-likeness (QED) is 0.544. The van der Waals surface area contributed by atoms with Crippen molar-refractivity contribution in [2.24, 2.45) is 11.3 Å². The Bertz CT molecular complexity index is 1280. The summed E-state index contributed by atoms with van der Waals surface area (Å²) in [6.45, 7) is 1.96. The van der Waals surface area contributed by atoms with Crippen LogP contribution < -0.4 is 10.6 Å². The van der Waals surface area contributed by atoms with Crippen LogP contribution in [0.4, 0.5) is 0 Å². The third kappa shape index (κ3) is 4.07. The Morgan fingerprint density at radius 3 is 2.54 bits per heavy atom. The number of carbonyl (C=O) groups excluding carboxylic acids is 3. The standard InChI is InChI=1S/C27H29N5O3/c33-23-12-18(13-28-23)25(34)30-19-8-10-27(11-9-19)15-32(16-27)26(35)21-14-29-24-20(21)6-7-22(31-24)17-4-2-1-3-5-17/h1-7,14,18-19H,8-13,15-16H2,(H,28,33)(H,29,31)(H,30,34). The van der Waals surface area contributed by atoms with Crippen molar-refractivity contribution in [2.75, 3.05) is 19.6 Å². The number of nitrogens with one attached hydrogen (secondary N) is 3. The van der Waals surface area contributed by atoms with Gasteiger partial charge >= 0.3 is 0 Å². The minimum atomic E-state index is -0.246. The Balaban J connectivity index is 1.05. The van der Waals surface area contributed by atoms with Crippen molar-refractivity contribution in [1.29, 1.82) is 0 Å². The molecule has 0 bridgehead atoms. The fourth-order valence-electron chi connectivity index (χ4n) is 5.83. The van der Waals surface area contributed by atoms with Crippen molar-refractivity contribution in [1.82, 2.24) is 25.5 Å². The largest absolute Gasteiger partial charge is 0.355 e. The molecule has 1 unspecified atom stereocenters. The van der Waals surface area contributed by atoms with E-state index in [0.717, 1.165) is 61.1 Å². The van der Waals surface area contributed by atoms with Crippen LogP contribution in [0.25, 0.3) is 22.3 Å². The van der Waals surface area contributed by atoms with E-state index in [4.69, 9.17) is 4.98 Å². The van der Waals surface area contributed by atoms with E-state index in [1.165, 1.54) is 0 Å². The van der Waals surface area contributed by atoms with Gasteiger partial charge in [0.2, 0.25) is 11.8 Å². The first-order valence-electron chi connectivity index (χ1n) is 12.4. The molecule has 1 spiro atoms. The molecule has 0 radical (unpaired) electrons. The number of pyridine rings is 1. The van der Waals surface area contributed by atoms with Gasteiger partial charge in [-0.1, -0.05) is 30.3 Å². The van der Waals surface area contributed by atoms with Gasteiger partial charge in [-0.25, -0.2) is 4.98 Å². The van der Waals surface area contributed by atoms with E-state index in [1.54, 1.807) is 6.20 Å². The zero-order chi connectivity index (χ0) is 24.0. The molecular formula is C27H29N5O3. The molecule has 2 aromatic heterocycles. The Hall–Kier alpha value is -3.68. The lowest BCUT2D eigenvalue weighted by Gasteiger charge is -2.53. The summed E-state index contributed by atoms with van der Waals surface area (Å²) < 4.78 is 0. The normalized spacial score (nSPS) is 21.7. The molecule has 8 nitrogen and oxygen atoms in total. The van der Waals surface area contributed by atoms with Gasteiger partial charge in [0.05, 0.1) is 17.2 Å². The molecule has 3 fully saturated rings. The van der Waals surface area contributed by atoms with Crippen LogP contribution in [-0.2, 0) is 9.59 Å². The summed E-state index contributed by atoms with van der Waals surface area (Å²) in [4.78, 5) is 46.9. The lowest BCUT2D eigenvalue weighted by atomic mass is 9.67. The summed E-state index contributed by atoms with van der Waals surface area (Å²) in [6, 6.07) is 14.1. The van der Waals surface area contributed by atoms with E-state index >= 15 is 0 Å². The SMILES string of the molecule is O=C1CC(C(=O)NC2CCC3(CC2)CN(C(=O)c2c[nH]c4nc(-c5ccccc5)ccc24)C3)CN1. The van der Waals surface area contributed by atoms with Gasteiger partial charge in [-0.05, 0) is 37.8 Å². The van der Waals surface area contributed by atoms with Crippen molar-refractivity contribution in [3.63, 3.8) is 0 Å². The molecule has 3 amide bonds. The Kier molecular flexibility index (Phi) is 5.31. The number of aromatic amines is 1. The van der Waals surface area contributed by atoms with Crippen LogP contribution in [-0.4, -0.2) is 58.3 Å². The second-order valence-electron chi connectivity index (χ2n) is 10.3. The maximum atomic E-state index is 13.3. The molecule has 2 saturated heterocycles. The van der Waals surface area contributed by atoms with Crippen LogP contribution in [0.3, 0.4) is 0 Å². The van der Waals surface area contributed by atoms with Crippen LogP contribution in [0.5, 0.6) is 0 Å². The second kappa shape index (κ2) is 8.52. The van der Waals surface area contributed by atoms with Crippen LogP contribution in [0.2, 0.25) is 0 Å². The first-order chi connectivity index (χ1) is 17.0. The monoisotopic (exact) mass is 471 g/mol. The van der Waals surface area contributed by atoms with Gasteiger partial charge < -0.3 is 20.5 Å². The Labute approximate surface area is 203 Å². The number of likely N-dealkylation sites (tertiary alicyclic amines) is 1. The fourth-order valence-corrected chi connectivity index (χ4v) is 5.83. The molecule has 3 aromatic rings. The molecule has 8 heteroatoms. The second-order valence-corrected chi connectivity index (χ2v) is 10.3. The lowest BCUT2D eigenvalue weighted by molar-refractivity contribution is -0.127. The van der Waals surface area contributed by atoms with Gasteiger partial charge in [0.25, 0.3) is 5.91 Å². The smallest absolute Gasteiger partial charge is 0.256 e. The van der Waals surface area contributed by atoms with Crippen LogP contribution in [0.15, 0.2) is 48.7 Å². The number of hydrogen-bond donors (Lipinski definition) is 3. The number of H-pyrrole nitrogens is 1. The van der Waals surface area contributed by atoms with Gasteiger partial charge in [0, 0.05) is 54.7 Å². The third-order valence-corrected chi connectivity index (χ3v) is 7.92. The van der Waals surface area contributed by atoms with Crippen LogP contribution in [0.1, 0.15) is 42.5 Å². The zero-order valence-electron chi connectivity index (χ0n) is 19.5. The Morgan fingerprint density at radius 2 is 1.83 bits per heavy atom. The molecule has 2 aliphatic heterocycles. The van der Waals surface area contributed by atoms with E-state index < -0.39 is 0 Å². The minimum Gasteiger partial charge on any atom is -0.355 e. The maximum Gasteiger partial charge on any atom is 0.256 e. The van der Waals surface area contributed by atoms with E-state index in [9.17, 15) is 14.4 Å². The number of benzene rings is 1. The lowest BCUT2D eigenvalue weighted by Crippen LogP contribution is -2.60. The first kappa shape index (κ1) is 21.8. The highest BCUT2D eigenvalue weighted by Gasteiger charge is 2.47. The van der Waals surface area contributed by atoms with Crippen molar-refractivity contribution < 1.29 is 14.4 Å². The molecule has 1 aromatic carbocycles. The number of rotatable bonds is 4. The van der Waals surface area contributed by atoms with Crippen LogP contribution >= 0.6 is 0 Å². The van der Waals surface area contributed by atoms with Gasteiger partial charge in [0.15, 0.2) is 0 Å². The predicted molar refractivity (Wildman–Crippen MR) is 131 cm³/mol. The number of amides is 3. The third-order valence-electron chi connectivity index (χ3n) is 7.92. The fraction of sp³-hybridized carbons (Fsp3) is 0.407. The molecule has 35 heavy (non-hydrogen) atoms. The first-order valence-corrected chi connectivity index (χ1v) is 12.4.